The van der Waals surface area contributed by atoms with E-state index in [1.807, 2.05) is 12.4 Å². The van der Waals surface area contributed by atoms with Gasteiger partial charge in [0.15, 0.2) is 0 Å². The van der Waals surface area contributed by atoms with Gasteiger partial charge in [-0.2, -0.15) is 0 Å². The zero-order valence-corrected chi connectivity index (χ0v) is 41.8. The Kier molecular flexibility index (Phi) is 10.0. The van der Waals surface area contributed by atoms with Crippen molar-refractivity contribution in [2.45, 2.75) is 83.0 Å². The molecule has 0 N–H and O–H groups in total. The van der Waals surface area contributed by atoms with Crippen molar-refractivity contribution in [3.63, 3.8) is 0 Å². The molecule has 1 aliphatic carbocycles. The third-order valence-electron chi connectivity index (χ3n) is 16.5. The molecule has 0 atom stereocenters. The third kappa shape index (κ3) is 6.60. The average Bonchev–Trinajstić information content (AvgIpc) is 3.88. The zero-order valence-electron chi connectivity index (χ0n) is 41.8. The molecular weight excluding hydrogens is 865 g/mol. The van der Waals surface area contributed by atoms with Gasteiger partial charge in [-0.05, 0) is 160 Å². The molecule has 0 saturated carbocycles. The van der Waals surface area contributed by atoms with Crippen molar-refractivity contribution in [3.05, 3.63) is 240 Å². The van der Waals surface area contributed by atoms with Crippen LogP contribution in [0.4, 0.5) is 11.4 Å². The Hall–Kier alpha value is -7.96. The van der Waals surface area contributed by atoms with Gasteiger partial charge in [0, 0.05) is 46.0 Å². The average molecular weight is 923 g/mol. The number of aliphatic imine (C=N–C) groups is 2. The van der Waals surface area contributed by atoms with Gasteiger partial charge < -0.3 is 9.80 Å². The summed E-state index contributed by atoms with van der Waals surface area (Å²) >= 11 is 0. The van der Waals surface area contributed by atoms with Crippen LogP contribution in [0.1, 0.15) is 88.8 Å². The molecule has 2 aliphatic heterocycles. The molecule has 0 amide bonds. The second kappa shape index (κ2) is 16.0. The van der Waals surface area contributed by atoms with Crippen LogP contribution < -0.4 is 9.80 Å². The van der Waals surface area contributed by atoms with E-state index in [0.29, 0.717) is 0 Å². The third-order valence-corrected chi connectivity index (χ3v) is 16.5. The van der Waals surface area contributed by atoms with E-state index in [1.54, 1.807) is 0 Å². The summed E-state index contributed by atoms with van der Waals surface area (Å²) in [5, 5.41) is 2.36. The minimum absolute atomic E-state index is 0.261. The van der Waals surface area contributed by atoms with Crippen LogP contribution in [0.3, 0.4) is 0 Å². The predicted octanol–water partition coefficient (Wildman–Crippen LogP) is 15.0. The lowest BCUT2D eigenvalue weighted by atomic mass is 9.67. The monoisotopic (exact) mass is 922 g/mol. The van der Waals surface area contributed by atoms with Gasteiger partial charge in [0.05, 0.1) is 39.0 Å². The molecule has 0 unspecified atom stereocenters. The van der Waals surface area contributed by atoms with E-state index in [0.717, 1.165) is 62.1 Å². The van der Waals surface area contributed by atoms with Crippen LogP contribution in [0.5, 0.6) is 0 Å². The maximum absolute atomic E-state index is 5.38. The number of hydrogen-bond acceptors (Lipinski definition) is 6. The number of nitrogens with zero attached hydrogens (tertiary/aromatic N) is 6. The summed E-state index contributed by atoms with van der Waals surface area (Å²) < 4.78 is 0. The molecule has 6 heteroatoms. The van der Waals surface area contributed by atoms with Gasteiger partial charge in [0.2, 0.25) is 0 Å². The van der Waals surface area contributed by atoms with E-state index in [9.17, 15) is 0 Å². The molecule has 3 aliphatic rings. The first-order chi connectivity index (χ1) is 34.2. The van der Waals surface area contributed by atoms with Crippen LogP contribution in [0.15, 0.2) is 217 Å². The summed E-state index contributed by atoms with van der Waals surface area (Å²) in [6, 6.07) is 70.3. The van der Waals surface area contributed by atoms with Crippen molar-refractivity contribution in [3.8, 4) is 33.6 Å². The molecule has 0 radical (unpaired) electrons. The lowest BCUT2D eigenvalue weighted by Gasteiger charge is -2.41. The quantitative estimate of drug-likeness (QED) is 0.152. The Labute approximate surface area is 418 Å². The van der Waals surface area contributed by atoms with E-state index >= 15 is 0 Å². The summed E-state index contributed by atoms with van der Waals surface area (Å²) in [6.45, 7) is 18.0. The van der Waals surface area contributed by atoms with E-state index < -0.39 is 5.41 Å². The van der Waals surface area contributed by atoms with Crippen LogP contribution in [-0.2, 0) is 5.41 Å². The molecule has 7 aromatic carbocycles. The highest BCUT2D eigenvalue weighted by Gasteiger charge is 2.52. The number of benzene rings is 7. The number of fused-ring (bicyclic) bond motifs is 5. The number of anilines is 2. The predicted molar refractivity (Wildman–Crippen MR) is 295 cm³/mol. The van der Waals surface area contributed by atoms with Gasteiger partial charge in [0.1, 0.15) is 11.7 Å². The van der Waals surface area contributed by atoms with Crippen molar-refractivity contribution in [1.29, 1.82) is 0 Å². The number of para-hydroxylation sites is 2. The normalized spacial score (nSPS) is 17.7. The Bertz CT molecular complexity index is 3520. The van der Waals surface area contributed by atoms with E-state index in [2.05, 4.69) is 259 Å². The fraction of sp³-hybridized carbons (Fsp3) is 0.200. The smallest absolute Gasteiger partial charge is 0.138 e. The molecule has 0 fully saturated rings. The van der Waals surface area contributed by atoms with Crippen LogP contribution in [0, 0.1) is 0 Å². The van der Waals surface area contributed by atoms with Gasteiger partial charge in [-0.3, -0.25) is 20.0 Å². The van der Waals surface area contributed by atoms with E-state index in [4.69, 9.17) is 20.0 Å². The number of aromatic nitrogens is 2. The van der Waals surface area contributed by atoms with Crippen LogP contribution >= 0.6 is 0 Å². The van der Waals surface area contributed by atoms with Gasteiger partial charge in [-0.1, -0.05) is 133 Å². The fourth-order valence-corrected chi connectivity index (χ4v) is 11.5. The summed E-state index contributed by atoms with van der Waals surface area (Å²) in [7, 11) is 0. The molecule has 0 spiro atoms. The van der Waals surface area contributed by atoms with Gasteiger partial charge in [-0.25, -0.2) is 0 Å². The molecule has 0 saturated heterocycles. The molecule has 0 bridgehead atoms. The first-order valence-corrected chi connectivity index (χ1v) is 24.9. The highest BCUT2D eigenvalue weighted by Crippen LogP contribution is 2.59. The Morgan fingerprint density at radius 3 is 1.28 bits per heavy atom. The second-order valence-corrected chi connectivity index (χ2v) is 21.4. The largest absolute Gasteiger partial charge is 0.318 e. The molecule has 71 heavy (non-hydrogen) atoms. The standard InChI is InChI=1S/C65H58N6/c1-61(2)63(5,6)70(48-27-17-11-18-28-48)59(68-61)44-34-37-56(66-41-44)43-33-36-52-54(39-43)65(46-23-13-9-14-24-46,47-25-15-10-16-26-47)55-40-53(50-31-21-22-32-51(50)58(52)55)57-38-35-45(42-67-57)60-69-62(3,4)64(7,8)71(60)49-29-19-12-20-30-49/h9-42H,1-8H3. The molecule has 9 aromatic rings. The lowest BCUT2D eigenvalue weighted by Crippen LogP contribution is -2.53. The number of hydrogen-bond donors (Lipinski definition) is 0. The van der Waals surface area contributed by atoms with Crippen molar-refractivity contribution >= 4 is 33.8 Å². The number of rotatable bonds is 8. The fourth-order valence-electron chi connectivity index (χ4n) is 11.5. The maximum atomic E-state index is 5.38. The van der Waals surface area contributed by atoms with Gasteiger partial charge in [0.25, 0.3) is 0 Å². The van der Waals surface area contributed by atoms with Crippen molar-refractivity contribution in [2.75, 3.05) is 9.80 Å². The first kappa shape index (κ1) is 44.3. The molecule has 6 nitrogen and oxygen atoms in total. The minimum Gasteiger partial charge on any atom is -0.318 e. The summed E-state index contributed by atoms with van der Waals surface area (Å²) in [5.74, 6) is 1.86. The summed E-state index contributed by atoms with van der Waals surface area (Å²) in [4.78, 5) is 26.0. The first-order valence-electron chi connectivity index (χ1n) is 24.9. The molecule has 12 rings (SSSR count). The van der Waals surface area contributed by atoms with Crippen LogP contribution in [-0.4, -0.2) is 43.8 Å². The highest BCUT2D eigenvalue weighted by molar-refractivity contribution is 6.14. The molecule has 2 aromatic heterocycles. The van der Waals surface area contributed by atoms with Crippen molar-refractivity contribution in [2.24, 2.45) is 9.98 Å². The number of amidine groups is 2. The van der Waals surface area contributed by atoms with Gasteiger partial charge >= 0.3 is 0 Å². The lowest BCUT2D eigenvalue weighted by molar-refractivity contribution is 0.338. The van der Waals surface area contributed by atoms with E-state index in [1.165, 1.54) is 38.8 Å². The minimum atomic E-state index is -0.667. The van der Waals surface area contributed by atoms with Crippen molar-refractivity contribution < 1.29 is 0 Å². The molecule has 4 heterocycles. The van der Waals surface area contributed by atoms with Gasteiger partial charge in [-0.15, -0.1) is 0 Å². The number of pyridine rings is 2. The topological polar surface area (TPSA) is 57.0 Å². The second-order valence-electron chi connectivity index (χ2n) is 21.4. The molecule has 348 valence electrons. The van der Waals surface area contributed by atoms with E-state index in [-0.39, 0.29) is 22.2 Å². The SMILES string of the molecule is CC1(C)N=C(c2ccc(-c3ccc4c(c3)C(c3ccccc3)(c3ccccc3)c3cc(-c5ccc(C6=NC(C)(C)C(C)(C)N6c6ccccc6)cn5)c5ccccc5c3-4)nc2)N(c2ccccc2)C1(C)C. The highest BCUT2D eigenvalue weighted by atomic mass is 15.3. The van der Waals surface area contributed by atoms with Crippen LogP contribution in [0.2, 0.25) is 0 Å². The molecular formula is C65H58N6. The Morgan fingerprint density at radius 1 is 0.366 bits per heavy atom. The summed E-state index contributed by atoms with van der Waals surface area (Å²) in [6.07, 6.45) is 4.02. The van der Waals surface area contributed by atoms with Crippen molar-refractivity contribution in [1.82, 2.24) is 9.97 Å². The Morgan fingerprint density at radius 2 is 0.803 bits per heavy atom. The van der Waals surface area contributed by atoms with Crippen LogP contribution in [0.25, 0.3) is 44.4 Å². The zero-order chi connectivity index (χ0) is 48.9. The Balaban J connectivity index is 1.01. The maximum Gasteiger partial charge on any atom is 0.138 e. The summed E-state index contributed by atoms with van der Waals surface area (Å²) in [5.41, 5.74) is 13.7.